The number of aromatic carboxylic acids is 1. The second-order valence-electron chi connectivity index (χ2n) is 4.72. The summed E-state index contributed by atoms with van der Waals surface area (Å²) in [6, 6.07) is 4.29. The van der Waals surface area contributed by atoms with Crippen LogP contribution in [0.3, 0.4) is 0 Å². The van der Waals surface area contributed by atoms with Crippen LogP contribution in [-0.2, 0) is 0 Å². The van der Waals surface area contributed by atoms with E-state index in [0.29, 0.717) is 6.54 Å². The normalized spacial score (nSPS) is 13.5. The van der Waals surface area contributed by atoms with Crippen LogP contribution in [0.5, 0.6) is 0 Å². The fourth-order valence-electron chi connectivity index (χ4n) is 2.18. The van der Waals surface area contributed by atoms with Crippen molar-refractivity contribution in [1.29, 1.82) is 5.26 Å². The number of nitrogens with zero attached hydrogens (tertiary/aromatic N) is 3. The first-order valence-electron chi connectivity index (χ1n) is 6.30. The molecule has 1 aliphatic rings. The summed E-state index contributed by atoms with van der Waals surface area (Å²) >= 11 is 6.08. The first-order valence-corrected chi connectivity index (χ1v) is 6.68. The lowest BCUT2D eigenvalue weighted by atomic mass is 10.1. The van der Waals surface area contributed by atoms with E-state index < -0.39 is 10.9 Å². The van der Waals surface area contributed by atoms with Crippen LogP contribution in [0, 0.1) is 21.4 Å². The summed E-state index contributed by atoms with van der Waals surface area (Å²) in [4.78, 5) is 23.3. The number of nitro groups is 1. The molecule has 0 radical (unpaired) electrons. The summed E-state index contributed by atoms with van der Waals surface area (Å²) in [5.74, 6) is -1.28. The first-order chi connectivity index (χ1) is 9.95. The summed E-state index contributed by atoms with van der Waals surface area (Å²) in [6.07, 6.45) is 2.00. The second-order valence-corrected chi connectivity index (χ2v) is 5.13. The maximum absolute atomic E-state index is 11.4. The van der Waals surface area contributed by atoms with Crippen molar-refractivity contribution in [2.75, 3.05) is 11.4 Å². The molecule has 0 amide bonds. The highest BCUT2D eigenvalue weighted by Crippen LogP contribution is 2.40. The van der Waals surface area contributed by atoms with Gasteiger partial charge < -0.3 is 10.0 Å². The van der Waals surface area contributed by atoms with Crippen molar-refractivity contribution in [2.24, 2.45) is 0 Å². The molecule has 0 saturated heterocycles. The Kier molecular flexibility index (Phi) is 4.29. The molecule has 1 aromatic rings. The van der Waals surface area contributed by atoms with Crippen LogP contribution >= 0.6 is 11.6 Å². The Balaban J connectivity index is 2.52. The van der Waals surface area contributed by atoms with Crippen LogP contribution in [0.2, 0.25) is 5.02 Å². The largest absolute Gasteiger partial charge is 0.478 e. The third-order valence-electron chi connectivity index (χ3n) is 3.23. The molecule has 0 atom stereocenters. The van der Waals surface area contributed by atoms with Gasteiger partial charge in [0.05, 0.1) is 33.7 Å². The monoisotopic (exact) mass is 309 g/mol. The van der Waals surface area contributed by atoms with Crippen molar-refractivity contribution in [1.82, 2.24) is 0 Å². The van der Waals surface area contributed by atoms with E-state index in [1.807, 2.05) is 6.07 Å². The van der Waals surface area contributed by atoms with Gasteiger partial charge in [0.1, 0.15) is 0 Å². The summed E-state index contributed by atoms with van der Waals surface area (Å²) in [6.45, 7) is 0.346. The second kappa shape index (κ2) is 5.97. The Labute approximate surface area is 125 Å². The van der Waals surface area contributed by atoms with Gasteiger partial charge in [0, 0.05) is 24.7 Å². The van der Waals surface area contributed by atoms with Crippen LogP contribution in [0.15, 0.2) is 12.1 Å². The Hall–Kier alpha value is -2.33. The quantitative estimate of drug-likeness (QED) is 0.639. The van der Waals surface area contributed by atoms with Gasteiger partial charge in [-0.1, -0.05) is 11.6 Å². The number of carboxylic acid groups (broad SMARTS) is 1. The smallest absolute Gasteiger partial charge is 0.338 e. The molecule has 0 heterocycles. The molecular weight excluding hydrogens is 298 g/mol. The van der Waals surface area contributed by atoms with Gasteiger partial charge in [0.25, 0.3) is 5.69 Å². The van der Waals surface area contributed by atoms with Gasteiger partial charge in [-0.25, -0.2) is 4.79 Å². The minimum absolute atomic E-state index is 0.0199. The number of anilines is 1. The molecule has 110 valence electrons. The number of benzene rings is 1. The SMILES string of the molecule is N#CCCN(c1c(Cl)cc([N+](=O)[O-])cc1C(=O)O)C1CC1. The van der Waals surface area contributed by atoms with Crippen molar-refractivity contribution < 1.29 is 14.8 Å². The summed E-state index contributed by atoms with van der Waals surface area (Å²) in [5.41, 5.74) is -0.316. The Morgan fingerprint density at radius 3 is 2.71 bits per heavy atom. The molecule has 0 unspecified atom stereocenters. The van der Waals surface area contributed by atoms with Crippen molar-refractivity contribution >= 4 is 28.9 Å². The predicted octanol–water partition coefficient (Wildman–Crippen LogP) is 2.83. The van der Waals surface area contributed by atoms with Gasteiger partial charge >= 0.3 is 5.97 Å². The standard InChI is InChI=1S/C13H12ClN3O4/c14-11-7-9(17(20)21)6-10(13(18)19)12(11)16(5-1-4-15)8-2-3-8/h6-8H,1-3,5H2,(H,18,19). The molecule has 7 nitrogen and oxygen atoms in total. The lowest BCUT2D eigenvalue weighted by molar-refractivity contribution is -0.384. The summed E-state index contributed by atoms with van der Waals surface area (Å²) in [5, 5.41) is 28.9. The predicted molar refractivity (Wildman–Crippen MR) is 75.7 cm³/mol. The van der Waals surface area contributed by atoms with Crippen LogP contribution in [0.25, 0.3) is 0 Å². The molecule has 21 heavy (non-hydrogen) atoms. The molecule has 0 spiro atoms. The number of hydrogen-bond donors (Lipinski definition) is 1. The number of non-ortho nitro benzene ring substituents is 1. The minimum atomic E-state index is -1.28. The van der Waals surface area contributed by atoms with Gasteiger partial charge in [-0.3, -0.25) is 10.1 Å². The molecule has 1 fully saturated rings. The molecule has 8 heteroatoms. The van der Waals surface area contributed by atoms with E-state index in [9.17, 15) is 20.0 Å². The number of carbonyl (C=O) groups is 1. The Bertz CT molecular complexity index is 637. The number of nitro benzene ring substituents is 1. The van der Waals surface area contributed by atoms with E-state index >= 15 is 0 Å². The van der Waals surface area contributed by atoms with E-state index in [0.717, 1.165) is 25.0 Å². The summed E-state index contributed by atoms with van der Waals surface area (Å²) < 4.78 is 0. The Morgan fingerprint density at radius 1 is 1.57 bits per heavy atom. The zero-order valence-corrected chi connectivity index (χ0v) is 11.7. The van der Waals surface area contributed by atoms with Gasteiger partial charge in [0.15, 0.2) is 0 Å². The average molecular weight is 310 g/mol. The molecule has 2 rings (SSSR count). The Morgan fingerprint density at radius 2 is 2.24 bits per heavy atom. The molecule has 1 saturated carbocycles. The highest BCUT2D eigenvalue weighted by Gasteiger charge is 2.33. The summed E-state index contributed by atoms with van der Waals surface area (Å²) in [7, 11) is 0. The van der Waals surface area contributed by atoms with E-state index in [1.165, 1.54) is 0 Å². The highest BCUT2D eigenvalue weighted by molar-refractivity contribution is 6.34. The van der Waals surface area contributed by atoms with Crippen molar-refractivity contribution in [2.45, 2.75) is 25.3 Å². The maximum atomic E-state index is 11.4. The van der Waals surface area contributed by atoms with Gasteiger partial charge in [-0.2, -0.15) is 5.26 Å². The van der Waals surface area contributed by atoms with Crippen LogP contribution in [0.4, 0.5) is 11.4 Å². The van der Waals surface area contributed by atoms with Crippen LogP contribution in [0.1, 0.15) is 29.6 Å². The molecular formula is C13H12ClN3O4. The average Bonchev–Trinajstić information content (AvgIpc) is 3.24. The highest BCUT2D eigenvalue weighted by atomic mass is 35.5. The fraction of sp³-hybridized carbons (Fsp3) is 0.385. The molecule has 1 aliphatic carbocycles. The first kappa shape index (κ1) is 15.1. The minimum Gasteiger partial charge on any atom is -0.478 e. The molecule has 0 aromatic heterocycles. The zero-order chi connectivity index (χ0) is 15.6. The third-order valence-corrected chi connectivity index (χ3v) is 3.52. The van der Waals surface area contributed by atoms with Crippen LogP contribution < -0.4 is 4.90 Å². The topological polar surface area (TPSA) is 107 Å². The van der Waals surface area contributed by atoms with E-state index in [1.54, 1.807) is 4.90 Å². The van der Waals surface area contributed by atoms with Crippen molar-refractivity contribution in [3.63, 3.8) is 0 Å². The van der Waals surface area contributed by atoms with E-state index in [2.05, 4.69) is 0 Å². The number of hydrogen-bond acceptors (Lipinski definition) is 5. The molecule has 1 N–H and O–H groups in total. The lowest BCUT2D eigenvalue weighted by Crippen LogP contribution is -2.29. The lowest BCUT2D eigenvalue weighted by Gasteiger charge is -2.26. The van der Waals surface area contributed by atoms with Gasteiger partial charge in [-0.15, -0.1) is 0 Å². The molecule has 1 aromatic carbocycles. The van der Waals surface area contributed by atoms with Crippen LogP contribution in [-0.4, -0.2) is 28.6 Å². The maximum Gasteiger partial charge on any atom is 0.338 e. The van der Waals surface area contributed by atoms with Crippen molar-refractivity contribution in [3.05, 3.63) is 32.8 Å². The van der Waals surface area contributed by atoms with Gasteiger partial charge in [-0.05, 0) is 12.8 Å². The van der Waals surface area contributed by atoms with Gasteiger partial charge in [0.2, 0.25) is 0 Å². The molecule has 0 bridgehead atoms. The van der Waals surface area contributed by atoms with E-state index in [4.69, 9.17) is 16.9 Å². The van der Waals surface area contributed by atoms with Crippen molar-refractivity contribution in [3.8, 4) is 6.07 Å². The zero-order valence-electron chi connectivity index (χ0n) is 11.0. The number of nitriles is 1. The number of halogens is 1. The number of carboxylic acids is 1. The third kappa shape index (κ3) is 3.23. The van der Waals surface area contributed by atoms with E-state index in [-0.39, 0.29) is 34.4 Å². The fourth-order valence-corrected chi connectivity index (χ4v) is 2.50. The number of rotatable bonds is 6. The molecule has 0 aliphatic heterocycles.